The highest BCUT2D eigenvalue weighted by molar-refractivity contribution is 5.74. The smallest absolute Gasteiger partial charge is 0.317 e. The lowest BCUT2D eigenvalue weighted by atomic mass is 10.2. The van der Waals surface area contributed by atoms with Gasteiger partial charge < -0.3 is 19.9 Å². The van der Waals surface area contributed by atoms with Crippen LogP contribution in [0.4, 0.5) is 4.79 Å². The van der Waals surface area contributed by atoms with E-state index in [0.29, 0.717) is 18.6 Å². The SMILES string of the molecule is COc1ccc(CN(C(=O)NCCCCN(C)C(C)C)C2CC2)cc1. The summed E-state index contributed by atoms with van der Waals surface area (Å²) in [5, 5.41) is 3.09. The molecule has 0 radical (unpaired) electrons. The fraction of sp³-hybridized carbons (Fsp3) is 0.650. The Labute approximate surface area is 152 Å². The maximum Gasteiger partial charge on any atom is 0.317 e. The molecule has 0 aliphatic heterocycles. The van der Waals surface area contributed by atoms with Gasteiger partial charge in [-0.25, -0.2) is 4.79 Å². The summed E-state index contributed by atoms with van der Waals surface area (Å²) >= 11 is 0. The number of nitrogens with one attached hydrogen (secondary N) is 1. The van der Waals surface area contributed by atoms with Gasteiger partial charge in [0.15, 0.2) is 0 Å². The first-order valence-corrected chi connectivity index (χ1v) is 9.39. The monoisotopic (exact) mass is 347 g/mol. The van der Waals surface area contributed by atoms with Gasteiger partial charge in [-0.15, -0.1) is 0 Å². The average Bonchev–Trinajstić information content (AvgIpc) is 3.44. The lowest BCUT2D eigenvalue weighted by Gasteiger charge is -2.23. The second-order valence-corrected chi connectivity index (χ2v) is 7.22. The van der Waals surface area contributed by atoms with Crippen LogP contribution < -0.4 is 10.1 Å². The fourth-order valence-electron chi connectivity index (χ4n) is 2.72. The van der Waals surface area contributed by atoms with E-state index in [1.807, 2.05) is 29.2 Å². The third-order valence-electron chi connectivity index (χ3n) is 4.86. The third-order valence-corrected chi connectivity index (χ3v) is 4.86. The molecule has 25 heavy (non-hydrogen) atoms. The molecule has 5 nitrogen and oxygen atoms in total. The summed E-state index contributed by atoms with van der Waals surface area (Å²) in [6, 6.07) is 8.99. The van der Waals surface area contributed by atoms with Gasteiger partial charge in [0.2, 0.25) is 0 Å². The van der Waals surface area contributed by atoms with Gasteiger partial charge in [-0.3, -0.25) is 0 Å². The number of methoxy groups -OCH3 is 1. The van der Waals surface area contributed by atoms with Gasteiger partial charge in [-0.1, -0.05) is 12.1 Å². The van der Waals surface area contributed by atoms with Gasteiger partial charge in [-0.05, 0) is 70.8 Å². The summed E-state index contributed by atoms with van der Waals surface area (Å²) in [4.78, 5) is 16.8. The summed E-state index contributed by atoms with van der Waals surface area (Å²) in [5.74, 6) is 0.845. The van der Waals surface area contributed by atoms with Gasteiger partial charge in [0.05, 0.1) is 7.11 Å². The van der Waals surface area contributed by atoms with Gasteiger partial charge in [0.25, 0.3) is 0 Å². The predicted octanol–water partition coefficient (Wildman–Crippen LogP) is 3.49. The maximum atomic E-state index is 12.5. The Balaban J connectivity index is 1.74. The van der Waals surface area contributed by atoms with Crippen molar-refractivity contribution >= 4 is 6.03 Å². The van der Waals surface area contributed by atoms with E-state index in [0.717, 1.165) is 50.1 Å². The van der Waals surface area contributed by atoms with Crippen LogP contribution in [-0.2, 0) is 6.54 Å². The standard InChI is InChI=1S/C20H33N3O2/c1-16(2)22(3)14-6-5-13-21-20(24)23(18-9-10-18)15-17-7-11-19(25-4)12-8-17/h7-8,11-12,16,18H,5-6,9-10,13-15H2,1-4H3,(H,21,24). The molecule has 0 spiro atoms. The zero-order valence-electron chi connectivity index (χ0n) is 16.1. The van der Waals surface area contributed by atoms with Crippen LogP contribution in [0.1, 0.15) is 45.1 Å². The Morgan fingerprint density at radius 1 is 1.24 bits per heavy atom. The number of rotatable bonds is 10. The minimum Gasteiger partial charge on any atom is -0.497 e. The quantitative estimate of drug-likeness (QED) is 0.659. The molecular formula is C20H33N3O2. The molecule has 1 aliphatic rings. The number of urea groups is 1. The average molecular weight is 348 g/mol. The number of carbonyl (C=O) groups excluding carboxylic acids is 1. The summed E-state index contributed by atoms with van der Waals surface area (Å²) in [6.07, 6.45) is 4.35. The van der Waals surface area contributed by atoms with E-state index in [2.05, 4.69) is 31.1 Å². The maximum absolute atomic E-state index is 12.5. The second-order valence-electron chi connectivity index (χ2n) is 7.22. The largest absolute Gasteiger partial charge is 0.497 e. The number of ether oxygens (including phenoxy) is 1. The highest BCUT2D eigenvalue weighted by Gasteiger charge is 2.32. The topological polar surface area (TPSA) is 44.8 Å². The van der Waals surface area contributed by atoms with E-state index in [1.165, 1.54) is 0 Å². The summed E-state index contributed by atoms with van der Waals surface area (Å²) in [7, 11) is 3.81. The molecule has 1 aromatic carbocycles. The zero-order valence-corrected chi connectivity index (χ0v) is 16.1. The number of nitrogens with zero attached hydrogens (tertiary/aromatic N) is 2. The first kappa shape index (κ1) is 19.6. The van der Waals surface area contributed by atoms with E-state index in [1.54, 1.807) is 7.11 Å². The molecule has 5 heteroatoms. The second kappa shape index (κ2) is 9.66. The van der Waals surface area contributed by atoms with Gasteiger partial charge in [0.1, 0.15) is 5.75 Å². The van der Waals surface area contributed by atoms with Crippen molar-refractivity contribution in [2.45, 2.75) is 58.2 Å². The number of unbranched alkanes of at least 4 members (excludes halogenated alkanes) is 1. The summed E-state index contributed by atoms with van der Waals surface area (Å²) < 4.78 is 5.19. The van der Waals surface area contributed by atoms with Crippen LogP contribution in [0.15, 0.2) is 24.3 Å². The summed E-state index contributed by atoms with van der Waals surface area (Å²) in [6.45, 7) is 6.89. The normalized spacial score (nSPS) is 14.0. The van der Waals surface area contributed by atoms with Crippen molar-refractivity contribution in [2.75, 3.05) is 27.2 Å². The van der Waals surface area contributed by atoms with Crippen molar-refractivity contribution in [3.05, 3.63) is 29.8 Å². The van der Waals surface area contributed by atoms with Crippen molar-refractivity contribution < 1.29 is 9.53 Å². The van der Waals surface area contributed by atoms with Crippen molar-refractivity contribution in [3.8, 4) is 5.75 Å². The van der Waals surface area contributed by atoms with Crippen LogP contribution in [-0.4, -0.2) is 55.2 Å². The molecule has 0 heterocycles. The van der Waals surface area contributed by atoms with Crippen LogP contribution in [0.3, 0.4) is 0 Å². The van der Waals surface area contributed by atoms with Crippen LogP contribution in [0.25, 0.3) is 0 Å². The Morgan fingerprint density at radius 2 is 1.92 bits per heavy atom. The van der Waals surface area contributed by atoms with Crippen molar-refractivity contribution in [2.24, 2.45) is 0 Å². The Kier molecular flexibility index (Phi) is 7.56. The van der Waals surface area contributed by atoms with E-state index in [-0.39, 0.29) is 6.03 Å². The first-order chi connectivity index (χ1) is 12.0. The van der Waals surface area contributed by atoms with Crippen LogP contribution in [0.2, 0.25) is 0 Å². The highest BCUT2D eigenvalue weighted by Crippen LogP contribution is 2.28. The molecular weight excluding hydrogens is 314 g/mol. The predicted molar refractivity (Wildman–Crippen MR) is 102 cm³/mol. The number of carbonyl (C=O) groups is 1. The number of benzene rings is 1. The number of hydrogen-bond acceptors (Lipinski definition) is 3. The molecule has 1 N–H and O–H groups in total. The van der Waals surface area contributed by atoms with Crippen LogP contribution >= 0.6 is 0 Å². The molecule has 0 aromatic heterocycles. The van der Waals surface area contributed by atoms with Crippen molar-refractivity contribution in [3.63, 3.8) is 0 Å². The minimum atomic E-state index is 0.0653. The van der Waals surface area contributed by atoms with E-state index in [9.17, 15) is 4.79 Å². The molecule has 140 valence electrons. The molecule has 0 saturated heterocycles. The van der Waals surface area contributed by atoms with Crippen molar-refractivity contribution in [1.82, 2.24) is 15.1 Å². The fourth-order valence-corrected chi connectivity index (χ4v) is 2.72. The van der Waals surface area contributed by atoms with Crippen LogP contribution in [0.5, 0.6) is 5.75 Å². The molecule has 0 atom stereocenters. The lowest BCUT2D eigenvalue weighted by Crippen LogP contribution is -2.41. The van der Waals surface area contributed by atoms with Crippen molar-refractivity contribution in [1.29, 1.82) is 0 Å². The highest BCUT2D eigenvalue weighted by atomic mass is 16.5. The molecule has 2 rings (SSSR count). The zero-order chi connectivity index (χ0) is 18.2. The molecule has 2 amide bonds. The third kappa shape index (κ3) is 6.58. The Bertz CT molecular complexity index is 526. The number of amides is 2. The molecule has 1 aromatic rings. The van der Waals surface area contributed by atoms with Crippen LogP contribution in [0, 0.1) is 0 Å². The van der Waals surface area contributed by atoms with Gasteiger partial charge in [0, 0.05) is 25.2 Å². The minimum absolute atomic E-state index is 0.0653. The molecule has 1 saturated carbocycles. The molecule has 1 aliphatic carbocycles. The van der Waals surface area contributed by atoms with E-state index >= 15 is 0 Å². The molecule has 0 bridgehead atoms. The molecule has 0 unspecified atom stereocenters. The summed E-state index contributed by atoms with van der Waals surface area (Å²) in [5.41, 5.74) is 1.14. The van der Waals surface area contributed by atoms with Gasteiger partial charge in [-0.2, -0.15) is 0 Å². The molecule has 1 fully saturated rings. The Morgan fingerprint density at radius 3 is 2.48 bits per heavy atom. The first-order valence-electron chi connectivity index (χ1n) is 9.39. The van der Waals surface area contributed by atoms with Gasteiger partial charge >= 0.3 is 6.03 Å². The lowest BCUT2D eigenvalue weighted by molar-refractivity contribution is 0.191. The number of hydrogen-bond donors (Lipinski definition) is 1. The van der Waals surface area contributed by atoms with E-state index < -0.39 is 0 Å². The Hall–Kier alpha value is -1.75. The van der Waals surface area contributed by atoms with E-state index in [4.69, 9.17) is 4.74 Å².